The molecule has 0 radical (unpaired) electrons. The fourth-order valence-electron chi connectivity index (χ4n) is 3.65. The van der Waals surface area contributed by atoms with Gasteiger partial charge in [-0.2, -0.15) is 4.98 Å². The summed E-state index contributed by atoms with van der Waals surface area (Å²) < 4.78 is 16.3. The van der Waals surface area contributed by atoms with Crippen LogP contribution in [0.15, 0.2) is 53.1 Å². The van der Waals surface area contributed by atoms with E-state index in [2.05, 4.69) is 46.2 Å². The maximum Gasteiger partial charge on any atom is 0.258 e. The summed E-state index contributed by atoms with van der Waals surface area (Å²) in [6.45, 7) is 4.99. The third-order valence-electron chi connectivity index (χ3n) is 5.26. The first-order chi connectivity index (χ1) is 14.7. The minimum absolute atomic E-state index is 0.463. The number of nitrogens with zero attached hydrogens (tertiary/aromatic N) is 4. The van der Waals surface area contributed by atoms with Crippen molar-refractivity contribution in [1.29, 1.82) is 0 Å². The van der Waals surface area contributed by atoms with E-state index in [1.807, 2.05) is 24.3 Å². The molecule has 152 valence electrons. The molecule has 5 rings (SSSR count). The molecule has 1 fully saturated rings. The van der Waals surface area contributed by atoms with E-state index in [0.717, 1.165) is 46.7 Å². The SMILES string of the molecule is COc1ccc(-c2nc(-c3cc4cc(C)ccc4nc3N3CCOCC3)no2)cc1. The first-order valence-corrected chi connectivity index (χ1v) is 9.94. The van der Waals surface area contributed by atoms with Gasteiger partial charge in [-0.05, 0) is 49.4 Å². The Morgan fingerprint density at radius 3 is 2.53 bits per heavy atom. The number of hydrogen-bond acceptors (Lipinski definition) is 7. The van der Waals surface area contributed by atoms with Crippen LogP contribution in [-0.2, 0) is 4.74 Å². The van der Waals surface area contributed by atoms with Crippen molar-refractivity contribution in [3.63, 3.8) is 0 Å². The van der Waals surface area contributed by atoms with Gasteiger partial charge in [0.25, 0.3) is 5.89 Å². The van der Waals surface area contributed by atoms with Gasteiger partial charge in [-0.15, -0.1) is 0 Å². The molecular formula is C23H22N4O3. The summed E-state index contributed by atoms with van der Waals surface area (Å²) in [7, 11) is 1.64. The number of aryl methyl sites for hydroxylation is 1. The van der Waals surface area contributed by atoms with Crippen molar-refractivity contribution in [3.8, 4) is 28.6 Å². The number of methoxy groups -OCH3 is 1. The lowest BCUT2D eigenvalue weighted by molar-refractivity contribution is 0.122. The third-order valence-corrected chi connectivity index (χ3v) is 5.26. The van der Waals surface area contributed by atoms with Gasteiger partial charge in [0.15, 0.2) is 0 Å². The van der Waals surface area contributed by atoms with E-state index in [4.69, 9.17) is 19.0 Å². The maximum atomic E-state index is 5.58. The molecular weight excluding hydrogens is 380 g/mol. The first-order valence-electron chi connectivity index (χ1n) is 9.94. The van der Waals surface area contributed by atoms with E-state index < -0.39 is 0 Å². The van der Waals surface area contributed by atoms with Gasteiger partial charge in [-0.1, -0.05) is 16.8 Å². The number of fused-ring (bicyclic) bond motifs is 1. The summed E-state index contributed by atoms with van der Waals surface area (Å²) in [5.41, 5.74) is 3.83. The average Bonchev–Trinajstić information content (AvgIpc) is 3.29. The monoisotopic (exact) mass is 402 g/mol. The van der Waals surface area contributed by atoms with Crippen molar-refractivity contribution in [2.45, 2.75) is 6.92 Å². The Morgan fingerprint density at radius 1 is 0.967 bits per heavy atom. The lowest BCUT2D eigenvalue weighted by Gasteiger charge is -2.29. The molecule has 0 amide bonds. The van der Waals surface area contributed by atoms with Gasteiger partial charge < -0.3 is 18.9 Å². The summed E-state index contributed by atoms with van der Waals surface area (Å²) in [4.78, 5) is 11.9. The van der Waals surface area contributed by atoms with Crippen LogP contribution in [0, 0.1) is 6.92 Å². The van der Waals surface area contributed by atoms with Gasteiger partial charge in [-0.25, -0.2) is 4.98 Å². The van der Waals surface area contributed by atoms with Gasteiger partial charge in [0.05, 0.1) is 31.4 Å². The summed E-state index contributed by atoms with van der Waals surface area (Å²) in [5.74, 6) is 2.63. The molecule has 7 heteroatoms. The van der Waals surface area contributed by atoms with Gasteiger partial charge in [0.2, 0.25) is 5.82 Å². The van der Waals surface area contributed by atoms with Crippen LogP contribution >= 0.6 is 0 Å². The standard InChI is InChI=1S/C23H22N4O3/c1-15-3-8-20-17(13-15)14-19(22(24-20)27-9-11-29-12-10-27)21-25-23(30-26-21)16-4-6-18(28-2)7-5-16/h3-8,13-14H,9-12H2,1-2H3. The lowest BCUT2D eigenvalue weighted by Crippen LogP contribution is -2.37. The summed E-state index contributed by atoms with van der Waals surface area (Å²) >= 11 is 0. The average molecular weight is 402 g/mol. The van der Waals surface area contributed by atoms with Crippen LogP contribution < -0.4 is 9.64 Å². The molecule has 1 aliphatic rings. The fourth-order valence-corrected chi connectivity index (χ4v) is 3.65. The zero-order chi connectivity index (χ0) is 20.5. The normalized spacial score (nSPS) is 14.3. The molecule has 0 atom stereocenters. The van der Waals surface area contributed by atoms with E-state index in [9.17, 15) is 0 Å². The number of pyridine rings is 1. The van der Waals surface area contributed by atoms with E-state index in [-0.39, 0.29) is 0 Å². The molecule has 3 heterocycles. The number of benzene rings is 2. The number of anilines is 1. The number of rotatable bonds is 4. The maximum absolute atomic E-state index is 5.58. The lowest BCUT2D eigenvalue weighted by atomic mass is 10.1. The second kappa shape index (κ2) is 7.76. The number of aromatic nitrogens is 3. The van der Waals surface area contributed by atoms with Crippen LogP contribution in [0.3, 0.4) is 0 Å². The Balaban J connectivity index is 1.60. The first kappa shape index (κ1) is 18.6. The fraction of sp³-hybridized carbons (Fsp3) is 0.261. The van der Waals surface area contributed by atoms with Crippen molar-refractivity contribution in [1.82, 2.24) is 15.1 Å². The molecule has 4 aromatic rings. The highest BCUT2D eigenvalue weighted by Crippen LogP contribution is 2.33. The van der Waals surface area contributed by atoms with Crippen LogP contribution in [-0.4, -0.2) is 48.5 Å². The number of ether oxygens (including phenoxy) is 2. The Morgan fingerprint density at radius 2 is 1.77 bits per heavy atom. The molecule has 1 aliphatic heterocycles. The molecule has 7 nitrogen and oxygen atoms in total. The zero-order valence-electron chi connectivity index (χ0n) is 17.0. The summed E-state index contributed by atoms with van der Waals surface area (Å²) in [5, 5.41) is 5.33. The third kappa shape index (κ3) is 3.48. The molecule has 0 spiro atoms. The largest absolute Gasteiger partial charge is 0.497 e. The van der Waals surface area contributed by atoms with Crippen molar-refractivity contribution in [3.05, 3.63) is 54.1 Å². The predicted molar refractivity (Wildman–Crippen MR) is 115 cm³/mol. The molecule has 2 aromatic carbocycles. The van der Waals surface area contributed by atoms with Crippen LogP contribution in [0.4, 0.5) is 5.82 Å². The van der Waals surface area contributed by atoms with Gasteiger partial charge >= 0.3 is 0 Å². The molecule has 0 aliphatic carbocycles. The topological polar surface area (TPSA) is 73.5 Å². The van der Waals surface area contributed by atoms with Gasteiger partial charge in [0, 0.05) is 24.0 Å². The Bertz CT molecular complexity index is 1180. The van der Waals surface area contributed by atoms with E-state index in [1.54, 1.807) is 7.11 Å². The van der Waals surface area contributed by atoms with E-state index in [0.29, 0.717) is 24.9 Å². The van der Waals surface area contributed by atoms with Crippen LogP contribution in [0.2, 0.25) is 0 Å². The highest BCUT2D eigenvalue weighted by molar-refractivity contribution is 5.88. The predicted octanol–water partition coefficient (Wildman–Crippen LogP) is 4.11. The molecule has 0 bridgehead atoms. The highest BCUT2D eigenvalue weighted by Gasteiger charge is 2.22. The second-order valence-corrected chi connectivity index (χ2v) is 7.31. The Labute approximate surface area is 174 Å². The molecule has 2 aromatic heterocycles. The van der Waals surface area contributed by atoms with Gasteiger partial charge in [-0.3, -0.25) is 0 Å². The van der Waals surface area contributed by atoms with Crippen molar-refractivity contribution in [2.75, 3.05) is 38.3 Å². The quantitative estimate of drug-likeness (QED) is 0.509. The Kier molecular flexibility index (Phi) is 4.80. The second-order valence-electron chi connectivity index (χ2n) is 7.31. The minimum atomic E-state index is 0.463. The van der Waals surface area contributed by atoms with Crippen LogP contribution in [0.25, 0.3) is 33.7 Å². The molecule has 1 saturated heterocycles. The van der Waals surface area contributed by atoms with Gasteiger partial charge in [0.1, 0.15) is 11.6 Å². The van der Waals surface area contributed by atoms with E-state index in [1.165, 1.54) is 5.56 Å². The van der Waals surface area contributed by atoms with Crippen LogP contribution in [0.1, 0.15) is 5.56 Å². The van der Waals surface area contributed by atoms with Crippen molar-refractivity contribution >= 4 is 16.7 Å². The van der Waals surface area contributed by atoms with Crippen molar-refractivity contribution in [2.24, 2.45) is 0 Å². The smallest absolute Gasteiger partial charge is 0.258 e. The van der Waals surface area contributed by atoms with Crippen LogP contribution in [0.5, 0.6) is 5.75 Å². The highest BCUT2D eigenvalue weighted by atomic mass is 16.5. The zero-order valence-corrected chi connectivity index (χ0v) is 17.0. The number of hydrogen-bond donors (Lipinski definition) is 0. The molecule has 0 unspecified atom stereocenters. The molecule has 0 saturated carbocycles. The number of morpholine rings is 1. The Hall–Kier alpha value is -3.45. The summed E-state index contributed by atoms with van der Waals surface area (Å²) in [6, 6.07) is 15.9. The summed E-state index contributed by atoms with van der Waals surface area (Å²) in [6.07, 6.45) is 0. The molecule has 30 heavy (non-hydrogen) atoms. The van der Waals surface area contributed by atoms with E-state index >= 15 is 0 Å². The van der Waals surface area contributed by atoms with Crippen molar-refractivity contribution < 1.29 is 14.0 Å². The minimum Gasteiger partial charge on any atom is -0.497 e. The molecule has 0 N–H and O–H groups in total.